The molecule has 0 aliphatic carbocycles. The fraction of sp³-hybridized carbons (Fsp3) is 0.174. The number of anilines is 1. The highest BCUT2D eigenvalue weighted by atomic mass is 32.2. The van der Waals surface area contributed by atoms with Gasteiger partial charge in [-0.05, 0) is 61.0 Å². The molecule has 7 nitrogen and oxygen atoms in total. The number of rotatable bonds is 9. The number of amides is 1. The minimum Gasteiger partial charge on any atom is -0.497 e. The van der Waals surface area contributed by atoms with Gasteiger partial charge in [0.05, 0.1) is 18.0 Å². The largest absolute Gasteiger partial charge is 0.497 e. The van der Waals surface area contributed by atoms with Crippen LogP contribution in [0.15, 0.2) is 83.8 Å². The van der Waals surface area contributed by atoms with Crippen molar-refractivity contribution in [3.8, 4) is 11.5 Å². The van der Waals surface area contributed by atoms with Gasteiger partial charge in [0.25, 0.3) is 0 Å². The van der Waals surface area contributed by atoms with Crippen molar-refractivity contribution < 1.29 is 22.7 Å². The third kappa shape index (κ3) is 6.31. The molecule has 162 valence electrons. The number of sulfonamides is 1. The Bertz CT molecular complexity index is 1100. The van der Waals surface area contributed by atoms with Crippen molar-refractivity contribution in [2.24, 2.45) is 0 Å². The van der Waals surface area contributed by atoms with E-state index in [9.17, 15) is 13.2 Å². The Morgan fingerprint density at radius 2 is 1.52 bits per heavy atom. The molecule has 0 unspecified atom stereocenters. The molecule has 3 aromatic carbocycles. The van der Waals surface area contributed by atoms with Gasteiger partial charge in [-0.3, -0.25) is 4.79 Å². The van der Waals surface area contributed by atoms with E-state index in [1.807, 2.05) is 30.3 Å². The predicted molar refractivity (Wildman–Crippen MR) is 119 cm³/mol. The van der Waals surface area contributed by atoms with Crippen LogP contribution in [0.3, 0.4) is 0 Å². The normalized spacial score (nSPS) is 12.1. The molecule has 0 aliphatic heterocycles. The van der Waals surface area contributed by atoms with E-state index >= 15 is 0 Å². The summed E-state index contributed by atoms with van der Waals surface area (Å²) in [6, 6.07) is 21.6. The van der Waals surface area contributed by atoms with Gasteiger partial charge in [0, 0.05) is 5.69 Å². The number of nitrogens with one attached hydrogen (secondary N) is 2. The Kier molecular flexibility index (Phi) is 7.28. The Morgan fingerprint density at radius 3 is 2.13 bits per heavy atom. The van der Waals surface area contributed by atoms with Gasteiger partial charge in [0.1, 0.15) is 18.1 Å². The molecular weight excluding hydrogens is 416 g/mol. The van der Waals surface area contributed by atoms with Crippen LogP contribution in [0.25, 0.3) is 0 Å². The monoisotopic (exact) mass is 440 g/mol. The SMILES string of the molecule is COc1ccc(S(=O)(=O)N[C@H](C)C(=O)Nc2ccc(OCc3ccccc3)cc2)cc1. The van der Waals surface area contributed by atoms with Crippen LogP contribution >= 0.6 is 0 Å². The van der Waals surface area contributed by atoms with E-state index in [4.69, 9.17) is 9.47 Å². The van der Waals surface area contributed by atoms with Gasteiger partial charge < -0.3 is 14.8 Å². The zero-order valence-electron chi connectivity index (χ0n) is 17.2. The number of ether oxygens (including phenoxy) is 2. The molecular formula is C23H24N2O5S. The number of benzene rings is 3. The Labute approximate surface area is 182 Å². The van der Waals surface area contributed by atoms with E-state index in [1.54, 1.807) is 36.4 Å². The van der Waals surface area contributed by atoms with Crippen LogP contribution < -0.4 is 19.5 Å². The quantitative estimate of drug-likeness (QED) is 0.530. The predicted octanol–water partition coefficient (Wildman–Crippen LogP) is 3.58. The summed E-state index contributed by atoms with van der Waals surface area (Å²) in [5, 5.41) is 2.69. The molecule has 0 heterocycles. The summed E-state index contributed by atoms with van der Waals surface area (Å²) in [5.41, 5.74) is 1.59. The standard InChI is InChI=1S/C23H24N2O5S/c1-17(25-31(27,28)22-14-12-20(29-2)13-15-22)23(26)24-19-8-10-21(11-9-19)30-16-18-6-4-3-5-7-18/h3-15,17,25H,16H2,1-2H3,(H,24,26)/t17-/m1/s1. The molecule has 8 heteroatoms. The third-order valence-corrected chi connectivity index (χ3v) is 6.02. The molecule has 0 aliphatic rings. The van der Waals surface area contributed by atoms with Crippen LogP contribution in [0.1, 0.15) is 12.5 Å². The van der Waals surface area contributed by atoms with Crippen molar-refractivity contribution in [3.05, 3.63) is 84.4 Å². The number of hydrogen-bond donors (Lipinski definition) is 2. The first kappa shape index (κ1) is 22.3. The van der Waals surface area contributed by atoms with Gasteiger partial charge in [0.2, 0.25) is 15.9 Å². The van der Waals surface area contributed by atoms with E-state index < -0.39 is 22.0 Å². The first-order valence-corrected chi connectivity index (χ1v) is 11.1. The molecule has 1 atom stereocenters. The second kappa shape index (κ2) is 10.1. The number of carbonyl (C=O) groups is 1. The van der Waals surface area contributed by atoms with Gasteiger partial charge in [-0.1, -0.05) is 30.3 Å². The zero-order valence-corrected chi connectivity index (χ0v) is 18.1. The van der Waals surface area contributed by atoms with Crippen LogP contribution in [0, 0.1) is 0 Å². The lowest BCUT2D eigenvalue weighted by Crippen LogP contribution is -2.41. The molecule has 0 fully saturated rings. The lowest BCUT2D eigenvalue weighted by atomic mass is 10.2. The molecule has 1 amide bonds. The van der Waals surface area contributed by atoms with Crippen molar-refractivity contribution in [2.75, 3.05) is 12.4 Å². The summed E-state index contributed by atoms with van der Waals surface area (Å²) in [7, 11) is -2.35. The van der Waals surface area contributed by atoms with Crippen LogP contribution in [-0.4, -0.2) is 27.5 Å². The molecule has 0 saturated carbocycles. The Balaban J connectivity index is 1.55. The summed E-state index contributed by atoms with van der Waals surface area (Å²) in [4.78, 5) is 12.5. The Hall–Kier alpha value is -3.36. The molecule has 3 aromatic rings. The highest BCUT2D eigenvalue weighted by molar-refractivity contribution is 7.89. The molecule has 2 N–H and O–H groups in total. The van der Waals surface area contributed by atoms with Gasteiger partial charge in [-0.2, -0.15) is 4.72 Å². The average molecular weight is 441 g/mol. The van der Waals surface area contributed by atoms with Crippen LogP contribution in [-0.2, 0) is 21.4 Å². The lowest BCUT2D eigenvalue weighted by molar-refractivity contribution is -0.117. The van der Waals surface area contributed by atoms with Crippen molar-refractivity contribution in [2.45, 2.75) is 24.5 Å². The average Bonchev–Trinajstić information content (AvgIpc) is 2.79. The smallest absolute Gasteiger partial charge is 0.242 e. The maximum absolute atomic E-state index is 12.5. The van der Waals surface area contributed by atoms with E-state index in [2.05, 4.69) is 10.0 Å². The van der Waals surface area contributed by atoms with Crippen LogP contribution in [0.4, 0.5) is 5.69 Å². The first-order chi connectivity index (χ1) is 14.9. The van der Waals surface area contributed by atoms with Gasteiger partial charge in [-0.15, -0.1) is 0 Å². The number of carbonyl (C=O) groups excluding carboxylic acids is 1. The molecule has 0 radical (unpaired) electrons. The van der Waals surface area contributed by atoms with Gasteiger partial charge >= 0.3 is 0 Å². The van der Waals surface area contributed by atoms with E-state index in [-0.39, 0.29) is 4.90 Å². The topological polar surface area (TPSA) is 93.7 Å². The molecule has 0 spiro atoms. The molecule has 31 heavy (non-hydrogen) atoms. The van der Waals surface area contributed by atoms with Crippen molar-refractivity contribution in [3.63, 3.8) is 0 Å². The maximum Gasteiger partial charge on any atom is 0.242 e. The minimum atomic E-state index is -3.85. The summed E-state index contributed by atoms with van der Waals surface area (Å²) in [6.45, 7) is 1.92. The summed E-state index contributed by atoms with van der Waals surface area (Å²) >= 11 is 0. The maximum atomic E-state index is 12.5. The number of hydrogen-bond acceptors (Lipinski definition) is 5. The van der Waals surface area contributed by atoms with E-state index in [0.717, 1.165) is 5.56 Å². The minimum absolute atomic E-state index is 0.0490. The molecule has 0 saturated heterocycles. The van der Waals surface area contributed by atoms with Crippen molar-refractivity contribution in [1.82, 2.24) is 4.72 Å². The molecule has 0 aromatic heterocycles. The summed E-state index contributed by atoms with van der Waals surface area (Å²) < 4.78 is 38.1. The highest BCUT2D eigenvalue weighted by Crippen LogP contribution is 2.18. The number of methoxy groups -OCH3 is 1. The fourth-order valence-corrected chi connectivity index (χ4v) is 3.94. The molecule has 0 bridgehead atoms. The van der Waals surface area contributed by atoms with Crippen molar-refractivity contribution in [1.29, 1.82) is 0 Å². The first-order valence-electron chi connectivity index (χ1n) is 9.61. The van der Waals surface area contributed by atoms with Crippen LogP contribution in [0.2, 0.25) is 0 Å². The van der Waals surface area contributed by atoms with Gasteiger partial charge in [-0.25, -0.2) is 8.42 Å². The second-order valence-corrected chi connectivity index (χ2v) is 8.52. The second-order valence-electron chi connectivity index (χ2n) is 6.81. The lowest BCUT2D eigenvalue weighted by Gasteiger charge is -2.15. The molecule has 3 rings (SSSR count). The van der Waals surface area contributed by atoms with E-state index in [1.165, 1.54) is 26.2 Å². The highest BCUT2D eigenvalue weighted by Gasteiger charge is 2.22. The fourth-order valence-electron chi connectivity index (χ4n) is 2.74. The Morgan fingerprint density at radius 1 is 0.903 bits per heavy atom. The van der Waals surface area contributed by atoms with Crippen molar-refractivity contribution >= 4 is 21.6 Å². The van der Waals surface area contributed by atoms with E-state index in [0.29, 0.717) is 23.8 Å². The summed E-state index contributed by atoms with van der Waals surface area (Å²) in [6.07, 6.45) is 0. The zero-order chi connectivity index (χ0) is 22.3. The third-order valence-electron chi connectivity index (χ3n) is 4.47. The summed E-state index contributed by atoms with van der Waals surface area (Å²) in [5.74, 6) is 0.728. The van der Waals surface area contributed by atoms with Gasteiger partial charge in [0.15, 0.2) is 0 Å². The van der Waals surface area contributed by atoms with Crippen LogP contribution in [0.5, 0.6) is 11.5 Å².